The summed E-state index contributed by atoms with van der Waals surface area (Å²) in [5.74, 6) is 0.809. The Hall–Kier alpha value is -0.610. The van der Waals surface area contributed by atoms with Gasteiger partial charge in [0, 0.05) is 24.0 Å². The summed E-state index contributed by atoms with van der Waals surface area (Å²) in [5, 5.41) is 0. The average Bonchev–Trinajstić information content (AvgIpc) is 2.76. The van der Waals surface area contributed by atoms with E-state index in [0.717, 1.165) is 24.3 Å². The van der Waals surface area contributed by atoms with Gasteiger partial charge in [-0.1, -0.05) is 24.9 Å². The molecule has 88 valence electrons. The third kappa shape index (κ3) is 2.74. The summed E-state index contributed by atoms with van der Waals surface area (Å²) in [6, 6.07) is 0. The van der Waals surface area contributed by atoms with Gasteiger partial charge in [-0.25, -0.2) is 4.98 Å². The monoisotopic (exact) mass is 258 g/mol. The first kappa shape index (κ1) is 11.9. The third-order valence-corrected chi connectivity index (χ3v) is 3.96. The lowest BCUT2D eigenvalue weighted by atomic mass is 10.0. The van der Waals surface area contributed by atoms with E-state index in [9.17, 15) is 4.79 Å². The standard InChI is InChI=1S/C11H15ClN2OS/c1-2-3-8-4-10(15)14(6-8)7-9-5-13-11(12)16-9/h5,8H,2-4,6-7H2,1H3. The van der Waals surface area contributed by atoms with Gasteiger partial charge in [0.2, 0.25) is 5.91 Å². The van der Waals surface area contributed by atoms with Crippen molar-refractivity contribution in [2.75, 3.05) is 6.54 Å². The number of halogens is 1. The molecule has 0 N–H and O–H groups in total. The highest BCUT2D eigenvalue weighted by molar-refractivity contribution is 7.15. The third-order valence-electron chi connectivity index (χ3n) is 2.86. The number of thiazole rings is 1. The maximum atomic E-state index is 11.7. The summed E-state index contributed by atoms with van der Waals surface area (Å²) in [5.41, 5.74) is 0. The van der Waals surface area contributed by atoms with Gasteiger partial charge in [0.15, 0.2) is 4.47 Å². The number of nitrogens with zero attached hydrogens (tertiary/aromatic N) is 2. The molecule has 1 aliphatic rings. The van der Waals surface area contributed by atoms with Crippen LogP contribution in [0.25, 0.3) is 0 Å². The van der Waals surface area contributed by atoms with Crippen molar-refractivity contribution in [2.45, 2.75) is 32.7 Å². The summed E-state index contributed by atoms with van der Waals surface area (Å²) in [6.45, 7) is 3.72. The molecule has 0 saturated carbocycles. The van der Waals surface area contributed by atoms with Crippen molar-refractivity contribution in [1.82, 2.24) is 9.88 Å². The zero-order chi connectivity index (χ0) is 11.5. The number of carbonyl (C=O) groups is 1. The number of aromatic nitrogens is 1. The van der Waals surface area contributed by atoms with Gasteiger partial charge >= 0.3 is 0 Å². The van der Waals surface area contributed by atoms with Crippen LogP contribution in [0.3, 0.4) is 0 Å². The molecule has 1 aliphatic heterocycles. The molecule has 2 rings (SSSR count). The first-order valence-corrected chi connectivity index (χ1v) is 6.76. The Morgan fingerprint density at radius 2 is 2.50 bits per heavy atom. The molecule has 1 aromatic heterocycles. The summed E-state index contributed by atoms with van der Waals surface area (Å²) in [7, 11) is 0. The number of rotatable bonds is 4. The zero-order valence-corrected chi connectivity index (χ0v) is 10.9. The van der Waals surface area contributed by atoms with E-state index < -0.39 is 0 Å². The summed E-state index contributed by atoms with van der Waals surface area (Å²) < 4.78 is 0.548. The van der Waals surface area contributed by atoms with E-state index in [2.05, 4.69) is 11.9 Å². The molecular formula is C11H15ClN2OS. The lowest BCUT2D eigenvalue weighted by Gasteiger charge is -2.14. The molecular weight excluding hydrogens is 244 g/mol. The minimum absolute atomic E-state index is 0.267. The van der Waals surface area contributed by atoms with E-state index in [0.29, 0.717) is 23.4 Å². The largest absolute Gasteiger partial charge is 0.337 e. The Balaban J connectivity index is 1.93. The van der Waals surface area contributed by atoms with E-state index in [4.69, 9.17) is 11.6 Å². The van der Waals surface area contributed by atoms with Gasteiger partial charge in [0.05, 0.1) is 6.54 Å². The van der Waals surface area contributed by atoms with Crippen molar-refractivity contribution in [3.8, 4) is 0 Å². The van der Waals surface area contributed by atoms with Crippen molar-refractivity contribution in [1.29, 1.82) is 0 Å². The maximum Gasteiger partial charge on any atom is 0.223 e. The lowest BCUT2D eigenvalue weighted by Crippen LogP contribution is -2.24. The van der Waals surface area contributed by atoms with E-state index in [1.54, 1.807) is 6.20 Å². The molecule has 0 radical (unpaired) electrons. The van der Waals surface area contributed by atoms with Crippen molar-refractivity contribution in [2.24, 2.45) is 5.92 Å². The molecule has 1 amide bonds. The summed E-state index contributed by atoms with van der Waals surface area (Å²) in [6.07, 6.45) is 4.76. The normalized spacial score (nSPS) is 20.8. The molecule has 1 saturated heterocycles. The zero-order valence-electron chi connectivity index (χ0n) is 9.28. The van der Waals surface area contributed by atoms with Crippen molar-refractivity contribution in [3.05, 3.63) is 15.5 Å². The van der Waals surface area contributed by atoms with E-state index in [-0.39, 0.29) is 5.91 Å². The molecule has 1 atom stereocenters. The number of hydrogen-bond acceptors (Lipinski definition) is 3. The fourth-order valence-electron chi connectivity index (χ4n) is 2.15. The summed E-state index contributed by atoms with van der Waals surface area (Å²) in [4.78, 5) is 18.7. The van der Waals surface area contributed by atoms with Crippen molar-refractivity contribution < 1.29 is 4.79 Å². The first-order chi connectivity index (χ1) is 7.69. The Morgan fingerprint density at radius 1 is 1.69 bits per heavy atom. The molecule has 0 aliphatic carbocycles. The molecule has 1 unspecified atom stereocenters. The Bertz CT molecular complexity index is 380. The highest BCUT2D eigenvalue weighted by Gasteiger charge is 2.28. The van der Waals surface area contributed by atoms with Crippen LogP contribution in [0.4, 0.5) is 0 Å². The van der Waals surface area contributed by atoms with Gasteiger partial charge in [0.1, 0.15) is 0 Å². The summed E-state index contributed by atoms with van der Waals surface area (Å²) >= 11 is 7.22. The second kappa shape index (κ2) is 5.15. The molecule has 2 heterocycles. The van der Waals surface area contributed by atoms with Gasteiger partial charge in [-0.15, -0.1) is 11.3 Å². The molecule has 16 heavy (non-hydrogen) atoms. The number of amides is 1. The van der Waals surface area contributed by atoms with Gasteiger partial charge in [-0.3, -0.25) is 4.79 Å². The van der Waals surface area contributed by atoms with E-state index in [1.807, 2.05) is 4.90 Å². The van der Waals surface area contributed by atoms with Crippen molar-refractivity contribution in [3.63, 3.8) is 0 Å². The van der Waals surface area contributed by atoms with Crippen LogP contribution in [0.5, 0.6) is 0 Å². The molecule has 0 spiro atoms. The highest BCUT2D eigenvalue weighted by atomic mass is 35.5. The number of carbonyl (C=O) groups excluding carboxylic acids is 1. The smallest absolute Gasteiger partial charge is 0.223 e. The predicted octanol–water partition coefficient (Wildman–Crippen LogP) is 2.95. The lowest BCUT2D eigenvalue weighted by molar-refractivity contribution is -0.128. The van der Waals surface area contributed by atoms with Crippen LogP contribution in [0, 0.1) is 5.92 Å². The molecule has 1 aromatic rings. The molecule has 0 bridgehead atoms. The van der Waals surface area contributed by atoms with Gasteiger partial charge in [-0.2, -0.15) is 0 Å². The quantitative estimate of drug-likeness (QED) is 0.832. The Kier molecular flexibility index (Phi) is 3.82. The van der Waals surface area contributed by atoms with Crippen LogP contribution >= 0.6 is 22.9 Å². The van der Waals surface area contributed by atoms with Crippen molar-refractivity contribution >= 4 is 28.8 Å². The van der Waals surface area contributed by atoms with E-state index in [1.165, 1.54) is 11.3 Å². The topological polar surface area (TPSA) is 33.2 Å². The van der Waals surface area contributed by atoms with Crippen LogP contribution in [0.2, 0.25) is 4.47 Å². The van der Waals surface area contributed by atoms with Gasteiger partial charge in [0.25, 0.3) is 0 Å². The average molecular weight is 259 g/mol. The fraction of sp³-hybridized carbons (Fsp3) is 0.636. The Morgan fingerprint density at radius 3 is 3.12 bits per heavy atom. The van der Waals surface area contributed by atoms with E-state index >= 15 is 0 Å². The molecule has 0 aromatic carbocycles. The number of likely N-dealkylation sites (tertiary alicyclic amines) is 1. The highest BCUT2D eigenvalue weighted by Crippen LogP contribution is 2.26. The fourth-order valence-corrected chi connectivity index (χ4v) is 3.15. The number of hydrogen-bond donors (Lipinski definition) is 0. The molecule has 5 heteroatoms. The molecule has 3 nitrogen and oxygen atoms in total. The van der Waals surface area contributed by atoms with Crippen LogP contribution in [0.1, 0.15) is 31.1 Å². The molecule has 1 fully saturated rings. The maximum absolute atomic E-state index is 11.7. The van der Waals surface area contributed by atoms with Crippen LogP contribution < -0.4 is 0 Å². The second-order valence-electron chi connectivity index (χ2n) is 4.21. The van der Waals surface area contributed by atoms with Gasteiger partial charge < -0.3 is 4.90 Å². The minimum atomic E-state index is 0.267. The van der Waals surface area contributed by atoms with Crippen LogP contribution in [0.15, 0.2) is 6.20 Å². The van der Waals surface area contributed by atoms with Gasteiger partial charge in [-0.05, 0) is 12.3 Å². The SMILES string of the molecule is CCCC1CC(=O)N(Cc2cnc(Cl)s2)C1. The van der Waals surface area contributed by atoms with Crippen LogP contribution in [-0.2, 0) is 11.3 Å². The van der Waals surface area contributed by atoms with Crippen LogP contribution in [-0.4, -0.2) is 22.3 Å². The Labute approximate surface area is 104 Å². The predicted molar refractivity (Wildman–Crippen MR) is 65.6 cm³/mol. The minimum Gasteiger partial charge on any atom is -0.337 e. The second-order valence-corrected chi connectivity index (χ2v) is 5.91. The first-order valence-electron chi connectivity index (χ1n) is 5.57.